The highest BCUT2D eigenvalue weighted by Gasteiger charge is 2.20. The van der Waals surface area contributed by atoms with Gasteiger partial charge in [0.05, 0.1) is 7.11 Å². The number of hydrogen-bond acceptors (Lipinski definition) is 5. The molecule has 0 spiro atoms. The Hall–Kier alpha value is -3.16. The van der Waals surface area contributed by atoms with Crippen molar-refractivity contribution in [1.29, 1.82) is 0 Å². The molecule has 3 N–H and O–H groups in total. The minimum Gasteiger partial charge on any atom is -0.502 e. The Labute approximate surface area is 129 Å². The molecular formula is C15H13FN2O5. The van der Waals surface area contributed by atoms with Gasteiger partial charge in [-0.05, 0) is 17.7 Å². The van der Waals surface area contributed by atoms with Crippen molar-refractivity contribution in [3.05, 3.63) is 63.3 Å². The highest BCUT2D eigenvalue weighted by Crippen LogP contribution is 2.10. The van der Waals surface area contributed by atoms with Gasteiger partial charge < -0.3 is 20.1 Å². The number of benzene rings is 1. The number of methoxy groups -OCH3 is 1. The number of aromatic amines is 1. The van der Waals surface area contributed by atoms with Crippen LogP contribution in [0.25, 0.3) is 0 Å². The first-order valence-electron chi connectivity index (χ1n) is 6.49. The van der Waals surface area contributed by atoms with Crippen molar-refractivity contribution >= 4 is 11.9 Å². The molecule has 0 saturated carbocycles. The fourth-order valence-electron chi connectivity index (χ4n) is 1.83. The maximum absolute atomic E-state index is 12.8. The summed E-state index contributed by atoms with van der Waals surface area (Å²) in [4.78, 5) is 37.6. The van der Waals surface area contributed by atoms with E-state index in [1.807, 2.05) is 0 Å². The van der Waals surface area contributed by atoms with E-state index in [-0.39, 0.29) is 12.1 Å². The second-order valence-electron chi connectivity index (χ2n) is 4.56. The summed E-state index contributed by atoms with van der Waals surface area (Å²) in [5.74, 6) is -2.98. The predicted molar refractivity (Wildman–Crippen MR) is 77.6 cm³/mol. The van der Waals surface area contributed by atoms with Gasteiger partial charge in [0.1, 0.15) is 11.4 Å². The van der Waals surface area contributed by atoms with Gasteiger partial charge in [-0.3, -0.25) is 9.59 Å². The topological polar surface area (TPSA) is 108 Å². The fraction of sp³-hybridized carbons (Fsp3) is 0.133. The van der Waals surface area contributed by atoms with Crippen LogP contribution in [0.2, 0.25) is 0 Å². The lowest BCUT2D eigenvalue weighted by molar-refractivity contribution is 0.0589. The number of esters is 1. The van der Waals surface area contributed by atoms with Gasteiger partial charge in [0.2, 0.25) is 5.43 Å². The van der Waals surface area contributed by atoms with E-state index in [0.717, 1.165) is 13.3 Å². The van der Waals surface area contributed by atoms with Crippen LogP contribution in [0, 0.1) is 5.82 Å². The van der Waals surface area contributed by atoms with E-state index in [1.54, 1.807) is 0 Å². The largest absolute Gasteiger partial charge is 0.502 e. The zero-order chi connectivity index (χ0) is 17.0. The van der Waals surface area contributed by atoms with Gasteiger partial charge >= 0.3 is 5.97 Å². The summed E-state index contributed by atoms with van der Waals surface area (Å²) in [6.07, 6.45) is 1.01. The quantitative estimate of drug-likeness (QED) is 0.726. The minimum atomic E-state index is -0.999. The number of rotatable bonds is 4. The monoisotopic (exact) mass is 320 g/mol. The molecule has 8 heteroatoms. The Kier molecular flexibility index (Phi) is 4.75. The lowest BCUT2D eigenvalue weighted by atomic mass is 10.2. The standard InChI is InChI=1S/C15H13FN2O5/c1-23-15(22)11-13(20)12(19)10(7-17-11)14(21)18-6-8-2-4-9(16)5-3-8/h2-5,7,20H,6H2,1H3,(H,17,19)(H,18,21). The van der Waals surface area contributed by atoms with Gasteiger partial charge in [0, 0.05) is 12.7 Å². The zero-order valence-electron chi connectivity index (χ0n) is 12.1. The number of carbonyl (C=O) groups is 2. The minimum absolute atomic E-state index is 0.0675. The van der Waals surface area contributed by atoms with Crippen molar-refractivity contribution in [2.45, 2.75) is 6.54 Å². The van der Waals surface area contributed by atoms with Crippen LogP contribution < -0.4 is 10.7 Å². The number of hydrogen-bond donors (Lipinski definition) is 3. The summed E-state index contributed by atoms with van der Waals surface area (Å²) >= 11 is 0. The molecule has 0 unspecified atom stereocenters. The summed E-state index contributed by atoms with van der Waals surface area (Å²) in [5.41, 5.74) is -1.17. The number of H-pyrrole nitrogens is 1. The number of aromatic nitrogens is 1. The van der Waals surface area contributed by atoms with E-state index < -0.39 is 34.6 Å². The van der Waals surface area contributed by atoms with E-state index in [9.17, 15) is 23.9 Å². The maximum Gasteiger partial charge on any atom is 0.358 e. The van der Waals surface area contributed by atoms with Crippen molar-refractivity contribution < 1.29 is 23.8 Å². The van der Waals surface area contributed by atoms with Crippen molar-refractivity contribution in [2.24, 2.45) is 0 Å². The number of ether oxygens (including phenoxy) is 1. The first-order chi connectivity index (χ1) is 10.9. The summed E-state index contributed by atoms with van der Waals surface area (Å²) in [6.45, 7) is 0.0675. The van der Waals surface area contributed by atoms with Gasteiger partial charge in [-0.25, -0.2) is 9.18 Å². The molecule has 1 aromatic heterocycles. The molecule has 0 fully saturated rings. The van der Waals surface area contributed by atoms with Crippen LogP contribution in [-0.4, -0.2) is 29.1 Å². The van der Waals surface area contributed by atoms with Crippen LogP contribution in [0.4, 0.5) is 4.39 Å². The van der Waals surface area contributed by atoms with Crippen molar-refractivity contribution in [1.82, 2.24) is 10.3 Å². The molecule has 1 heterocycles. The molecule has 1 aromatic carbocycles. The average Bonchev–Trinajstić information content (AvgIpc) is 2.55. The van der Waals surface area contributed by atoms with Crippen molar-refractivity contribution in [3.8, 4) is 5.75 Å². The highest BCUT2D eigenvalue weighted by atomic mass is 19.1. The van der Waals surface area contributed by atoms with E-state index in [0.29, 0.717) is 5.56 Å². The van der Waals surface area contributed by atoms with Gasteiger partial charge in [-0.15, -0.1) is 0 Å². The lowest BCUT2D eigenvalue weighted by Crippen LogP contribution is -2.29. The van der Waals surface area contributed by atoms with E-state index in [2.05, 4.69) is 15.0 Å². The van der Waals surface area contributed by atoms with Crippen LogP contribution in [0.15, 0.2) is 35.3 Å². The molecule has 23 heavy (non-hydrogen) atoms. The molecule has 0 aliphatic carbocycles. The van der Waals surface area contributed by atoms with Gasteiger partial charge in [0.15, 0.2) is 11.4 Å². The Bertz CT molecular complexity index is 799. The molecule has 7 nitrogen and oxygen atoms in total. The molecule has 1 amide bonds. The van der Waals surface area contributed by atoms with Gasteiger partial charge in [0.25, 0.3) is 5.91 Å². The Morgan fingerprint density at radius 2 is 1.96 bits per heavy atom. The summed E-state index contributed by atoms with van der Waals surface area (Å²) in [5, 5.41) is 12.1. The molecule has 0 saturated heterocycles. The smallest absolute Gasteiger partial charge is 0.358 e. The van der Waals surface area contributed by atoms with Crippen LogP contribution in [-0.2, 0) is 11.3 Å². The molecule has 120 valence electrons. The van der Waals surface area contributed by atoms with Crippen molar-refractivity contribution in [2.75, 3.05) is 7.11 Å². The van der Waals surface area contributed by atoms with Crippen LogP contribution >= 0.6 is 0 Å². The molecular weight excluding hydrogens is 307 g/mol. The maximum atomic E-state index is 12.8. The van der Waals surface area contributed by atoms with Crippen molar-refractivity contribution in [3.63, 3.8) is 0 Å². The predicted octanol–water partition coefficient (Wildman–Crippen LogP) is 0.936. The van der Waals surface area contributed by atoms with Crippen LogP contribution in [0.5, 0.6) is 5.75 Å². The third-order valence-electron chi connectivity index (χ3n) is 3.06. The Balaban J connectivity index is 2.16. The number of amides is 1. The second kappa shape index (κ2) is 6.73. The van der Waals surface area contributed by atoms with Gasteiger partial charge in [-0.1, -0.05) is 12.1 Å². The third-order valence-corrected chi connectivity index (χ3v) is 3.06. The van der Waals surface area contributed by atoms with Crippen LogP contribution in [0.1, 0.15) is 26.4 Å². The molecule has 0 atom stereocenters. The molecule has 0 aliphatic rings. The van der Waals surface area contributed by atoms with Gasteiger partial charge in [-0.2, -0.15) is 0 Å². The number of pyridine rings is 1. The Morgan fingerprint density at radius 3 is 2.57 bits per heavy atom. The average molecular weight is 320 g/mol. The summed E-state index contributed by atoms with van der Waals surface area (Å²) < 4.78 is 17.2. The molecule has 0 aliphatic heterocycles. The third kappa shape index (κ3) is 3.54. The SMILES string of the molecule is COC(=O)c1[nH]cc(C(=O)NCc2ccc(F)cc2)c(=O)c1O. The van der Waals surface area contributed by atoms with E-state index in [1.165, 1.54) is 24.3 Å². The van der Waals surface area contributed by atoms with E-state index >= 15 is 0 Å². The molecule has 2 rings (SSSR count). The fourth-order valence-corrected chi connectivity index (χ4v) is 1.83. The van der Waals surface area contributed by atoms with E-state index in [4.69, 9.17) is 0 Å². The first kappa shape index (κ1) is 16.2. The zero-order valence-corrected chi connectivity index (χ0v) is 12.1. The molecule has 0 radical (unpaired) electrons. The van der Waals surface area contributed by atoms with Crippen LogP contribution in [0.3, 0.4) is 0 Å². The summed E-state index contributed by atoms with van der Waals surface area (Å²) in [7, 11) is 1.09. The second-order valence-corrected chi connectivity index (χ2v) is 4.56. The number of halogens is 1. The lowest BCUT2D eigenvalue weighted by Gasteiger charge is -2.07. The first-order valence-corrected chi connectivity index (χ1v) is 6.49. The normalized spacial score (nSPS) is 10.2. The molecule has 0 bridgehead atoms. The summed E-state index contributed by atoms with van der Waals surface area (Å²) in [6, 6.07) is 5.45. The number of carbonyl (C=O) groups excluding carboxylic acids is 2. The Morgan fingerprint density at radius 1 is 1.30 bits per heavy atom. The number of aromatic hydroxyl groups is 1. The molecule has 2 aromatic rings. The number of nitrogens with one attached hydrogen (secondary N) is 2. The highest BCUT2D eigenvalue weighted by molar-refractivity contribution is 5.96.